The van der Waals surface area contributed by atoms with Gasteiger partial charge in [-0.3, -0.25) is 0 Å². The summed E-state index contributed by atoms with van der Waals surface area (Å²) in [7, 11) is -4.12. The fourth-order valence-electron chi connectivity index (χ4n) is 3.10. The third-order valence-electron chi connectivity index (χ3n) is 4.82. The third kappa shape index (κ3) is 10.4. The molecule has 2 rings (SSSR count). The fourth-order valence-corrected chi connectivity index (χ4v) is 3.82. The largest absolute Gasteiger partial charge is 0.449 e. The summed E-state index contributed by atoms with van der Waals surface area (Å²) in [6, 6.07) is 14.4. The molecule has 182 valence electrons. The lowest BCUT2D eigenvalue weighted by Gasteiger charge is -2.22. The molecule has 3 N–H and O–H groups in total. The smallest absolute Gasteiger partial charge is 0.396 e. The lowest BCUT2D eigenvalue weighted by Crippen LogP contribution is -2.29. The van der Waals surface area contributed by atoms with Crippen LogP contribution in [0.5, 0.6) is 5.75 Å². The molecular weight excluding hydrogens is 446 g/mol. The normalized spacial score (nSPS) is 11.7. The second kappa shape index (κ2) is 14.7. The summed E-state index contributed by atoms with van der Waals surface area (Å²) >= 11 is 0. The van der Waals surface area contributed by atoms with Crippen molar-refractivity contribution in [1.29, 1.82) is 0 Å². The number of rotatable bonds is 16. The number of aliphatic hydroxyl groups excluding tert-OH is 3. The first-order valence-electron chi connectivity index (χ1n) is 11.0. The van der Waals surface area contributed by atoms with Crippen molar-refractivity contribution in [3.63, 3.8) is 0 Å². The van der Waals surface area contributed by atoms with Gasteiger partial charge < -0.3 is 24.4 Å². The van der Waals surface area contributed by atoms with Crippen molar-refractivity contribution in [2.45, 2.75) is 25.7 Å². The van der Waals surface area contributed by atoms with Gasteiger partial charge in [-0.1, -0.05) is 49.3 Å². The van der Waals surface area contributed by atoms with Crippen molar-refractivity contribution in [3.8, 4) is 5.75 Å². The third-order valence-corrected chi connectivity index (χ3v) is 5.68. The molecule has 0 unspecified atom stereocenters. The summed E-state index contributed by atoms with van der Waals surface area (Å²) < 4.78 is 33.6. The van der Waals surface area contributed by atoms with E-state index in [9.17, 15) is 8.42 Å². The van der Waals surface area contributed by atoms with Crippen LogP contribution in [0.4, 0.5) is 5.69 Å². The number of aliphatic hydroxyl groups is 3. The van der Waals surface area contributed by atoms with Crippen LogP contribution in [0.2, 0.25) is 0 Å². The van der Waals surface area contributed by atoms with Crippen LogP contribution in [0.3, 0.4) is 0 Å². The van der Waals surface area contributed by atoms with Gasteiger partial charge >= 0.3 is 10.4 Å². The quantitative estimate of drug-likeness (QED) is 0.249. The maximum absolute atomic E-state index is 11.9. The lowest BCUT2D eigenvalue weighted by molar-refractivity contribution is 0.257. The van der Waals surface area contributed by atoms with Crippen molar-refractivity contribution in [2.75, 3.05) is 44.4 Å². The van der Waals surface area contributed by atoms with E-state index in [0.29, 0.717) is 25.9 Å². The number of anilines is 1. The molecule has 0 amide bonds. The molecule has 0 fully saturated rings. The van der Waals surface area contributed by atoms with Crippen molar-refractivity contribution in [1.82, 2.24) is 0 Å². The van der Waals surface area contributed by atoms with Crippen molar-refractivity contribution in [2.24, 2.45) is 0 Å². The minimum absolute atomic E-state index is 0.0141. The first-order valence-corrected chi connectivity index (χ1v) is 12.4. The Morgan fingerprint density at radius 3 is 1.82 bits per heavy atom. The minimum atomic E-state index is -4.12. The first-order chi connectivity index (χ1) is 16.0. The molecular formula is C24H33NO7S. The zero-order chi connectivity index (χ0) is 23.9. The highest BCUT2D eigenvalue weighted by molar-refractivity contribution is 7.82. The molecule has 9 heteroatoms. The van der Waals surface area contributed by atoms with Gasteiger partial charge in [0, 0.05) is 25.4 Å². The SMILES string of the molecule is O=S(=O)(OCCCCCCO)Oc1ccc(/C=C/c2ccc(N(CCO)CCO)cc2)cc1. The van der Waals surface area contributed by atoms with Crippen LogP contribution in [0.25, 0.3) is 12.2 Å². The van der Waals surface area contributed by atoms with Crippen LogP contribution < -0.4 is 9.08 Å². The molecule has 0 saturated carbocycles. The molecule has 33 heavy (non-hydrogen) atoms. The molecule has 0 aliphatic rings. The highest BCUT2D eigenvalue weighted by Gasteiger charge is 2.13. The second-order valence-electron chi connectivity index (χ2n) is 7.38. The van der Waals surface area contributed by atoms with Crippen molar-refractivity contribution in [3.05, 3.63) is 59.7 Å². The van der Waals surface area contributed by atoms with Gasteiger partial charge in [-0.05, 0) is 48.2 Å². The average molecular weight is 480 g/mol. The topological polar surface area (TPSA) is 117 Å². The Balaban J connectivity index is 1.87. The molecule has 0 radical (unpaired) electrons. The molecule has 0 spiro atoms. The zero-order valence-corrected chi connectivity index (χ0v) is 19.5. The molecule has 8 nitrogen and oxygen atoms in total. The van der Waals surface area contributed by atoms with Gasteiger partial charge in [-0.15, -0.1) is 0 Å². The van der Waals surface area contributed by atoms with E-state index in [1.807, 2.05) is 41.3 Å². The molecule has 0 aliphatic heterocycles. The fraction of sp³-hybridized carbons (Fsp3) is 0.417. The lowest BCUT2D eigenvalue weighted by atomic mass is 10.1. The van der Waals surface area contributed by atoms with Crippen LogP contribution in [-0.4, -0.2) is 63.3 Å². The Bertz CT molecular complexity index is 922. The van der Waals surface area contributed by atoms with E-state index in [4.69, 9.17) is 23.7 Å². The predicted molar refractivity (Wildman–Crippen MR) is 129 cm³/mol. The highest BCUT2D eigenvalue weighted by atomic mass is 32.3. The molecule has 2 aromatic rings. The molecule has 0 heterocycles. The van der Waals surface area contributed by atoms with Gasteiger partial charge in [-0.25, -0.2) is 4.18 Å². The number of unbranched alkanes of at least 4 members (excludes halogenated alkanes) is 3. The van der Waals surface area contributed by atoms with Gasteiger partial charge in [0.15, 0.2) is 0 Å². The maximum Gasteiger partial charge on any atom is 0.449 e. The molecule has 0 atom stereocenters. The standard InChI is InChI=1S/C24H33NO7S/c26-17-3-1-2-4-20-31-33(29,30)32-24-13-9-22(10-14-24)6-5-21-7-11-23(12-8-21)25(15-18-27)16-19-28/h5-14,26-28H,1-4,15-20H2/b6-5+. The number of hydrogen-bond acceptors (Lipinski definition) is 8. The minimum Gasteiger partial charge on any atom is -0.396 e. The van der Waals surface area contributed by atoms with Crippen molar-refractivity contribution < 1.29 is 32.1 Å². The first kappa shape index (κ1) is 26.8. The van der Waals surface area contributed by atoms with Gasteiger partial charge in [-0.2, -0.15) is 8.42 Å². The van der Waals surface area contributed by atoms with E-state index in [2.05, 4.69) is 0 Å². The summed E-state index contributed by atoms with van der Waals surface area (Å²) in [4.78, 5) is 1.90. The van der Waals surface area contributed by atoms with Gasteiger partial charge in [0.25, 0.3) is 0 Å². The maximum atomic E-state index is 11.9. The highest BCUT2D eigenvalue weighted by Crippen LogP contribution is 2.19. The van der Waals surface area contributed by atoms with E-state index in [1.165, 1.54) is 0 Å². The summed E-state index contributed by atoms with van der Waals surface area (Å²) in [6.45, 7) is 1.12. The van der Waals surface area contributed by atoms with Crippen LogP contribution in [0.15, 0.2) is 48.5 Å². The summed E-state index contributed by atoms with van der Waals surface area (Å²) in [5.74, 6) is 0.171. The Morgan fingerprint density at radius 1 is 0.727 bits per heavy atom. The van der Waals surface area contributed by atoms with Gasteiger partial charge in [0.05, 0.1) is 19.8 Å². The van der Waals surface area contributed by atoms with E-state index in [1.54, 1.807) is 24.3 Å². The van der Waals surface area contributed by atoms with E-state index >= 15 is 0 Å². The van der Waals surface area contributed by atoms with Crippen LogP contribution >= 0.6 is 0 Å². The number of nitrogens with zero attached hydrogens (tertiary/aromatic N) is 1. The Labute approximate surface area is 196 Å². The van der Waals surface area contributed by atoms with Gasteiger partial charge in [0.2, 0.25) is 0 Å². The van der Waals surface area contributed by atoms with E-state index in [-0.39, 0.29) is 32.2 Å². The summed E-state index contributed by atoms with van der Waals surface area (Å²) in [5, 5.41) is 27.0. The average Bonchev–Trinajstić information content (AvgIpc) is 2.81. The molecule has 0 aromatic heterocycles. The van der Waals surface area contributed by atoms with E-state index < -0.39 is 10.4 Å². The number of hydrogen-bond donors (Lipinski definition) is 3. The molecule has 0 saturated heterocycles. The van der Waals surface area contributed by atoms with Crippen molar-refractivity contribution >= 4 is 28.2 Å². The number of benzene rings is 2. The van der Waals surface area contributed by atoms with Crippen LogP contribution in [0, 0.1) is 0 Å². The Kier molecular flexibility index (Phi) is 11.9. The van der Waals surface area contributed by atoms with Gasteiger partial charge in [0.1, 0.15) is 5.75 Å². The zero-order valence-electron chi connectivity index (χ0n) is 18.7. The Hall–Kier alpha value is -2.43. The summed E-state index contributed by atoms with van der Waals surface area (Å²) in [6.07, 6.45) is 6.71. The molecule has 2 aromatic carbocycles. The molecule has 0 bridgehead atoms. The Morgan fingerprint density at radius 2 is 1.27 bits per heavy atom. The van der Waals surface area contributed by atoms with E-state index in [0.717, 1.165) is 29.7 Å². The van der Waals surface area contributed by atoms with Crippen LogP contribution in [0.1, 0.15) is 36.8 Å². The predicted octanol–water partition coefficient (Wildman–Crippen LogP) is 2.84. The second-order valence-corrected chi connectivity index (χ2v) is 8.60. The van der Waals surface area contributed by atoms with Crippen LogP contribution in [-0.2, 0) is 14.6 Å². The molecule has 0 aliphatic carbocycles. The monoisotopic (exact) mass is 479 g/mol. The summed E-state index contributed by atoms with van der Waals surface area (Å²) in [5.41, 5.74) is 2.77.